The van der Waals surface area contributed by atoms with Gasteiger partial charge in [0.15, 0.2) is 0 Å². The van der Waals surface area contributed by atoms with Crippen molar-refractivity contribution in [2.24, 2.45) is 5.92 Å². The van der Waals surface area contributed by atoms with Crippen molar-refractivity contribution in [3.05, 3.63) is 63.7 Å². The highest BCUT2D eigenvalue weighted by Gasteiger charge is 2.28. The van der Waals surface area contributed by atoms with Crippen LogP contribution in [0.3, 0.4) is 0 Å². The van der Waals surface area contributed by atoms with E-state index in [4.69, 9.17) is 0 Å². The minimum atomic E-state index is 0.126. The Labute approximate surface area is 130 Å². The Morgan fingerprint density at radius 2 is 1.77 bits per heavy atom. The topological polar surface area (TPSA) is 37.3 Å². The average Bonchev–Trinajstić information content (AvgIpc) is 2.53. The maximum atomic E-state index is 11.7. The Morgan fingerprint density at radius 3 is 2.50 bits per heavy atom. The lowest BCUT2D eigenvalue weighted by Crippen LogP contribution is -2.22. The molecule has 0 bridgehead atoms. The van der Waals surface area contributed by atoms with Gasteiger partial charge >= 0.3 is 0 Å². The van der Waals surface area contributed by atoms with Gasteiger partial charge in [0.05, 0.1) is 0 Å². The van der Waals surface area contributed by atoms with Crippen molar-refractivity contribution >= 4 is 5.78 Å². The summed E-state index contributed by atoms with van der Waals surface area (Å²) in [5.41, 5.74) is 7.27. The van der Waals surface area contributed by atoms with Crippen molar-refractivity contribution in [3.8, 4) is 5.75 Å². The molecule has 1 atom stereocenters. The van der Waals surface area contributed by atoms with Crippen molar-refractivity contribution in [2.75, 3.05) is 0 Å². The number of ketones is 1. The van der Waals surface area contributed by atoms with Gasteiger partial charge in [-0.2, -0.15) is 0 Å². The van der Waals surface area contributed by atoms with Gasteiger partial charge < -0.3 is 5.11 Å². The first-order chi connectivity index (χ1) is 10.6. The molecule has 1 unspecified atom stereocenters. The van der Waals surface area contributed by atoms with E-state index >= 15 is 0 Å². The third-order valence-corrected chi connectivity index (χ3v) is 5.35. The molecule has 22 heavy (non-hydrogen) atoms. The van der Waals surface area contributed by atoms with Crippen molar-refractivity contribution < 1.29 is 9.90 Å². The summed E-state index contributed by atoms with van der Waals surface area (Å²) in [6.07, 6.45) is 4.18. The van der Waals surface area contributed by atoms with E-state index < -0.39 is 0 Å². The molecule has 2 aromatic rings. The molecule has 0 aromatic heterocycles. The minimum Gasteiger partial charge on any atom is -0.507 e. The van der Waals surface area contributed by atoms with Gasteiger partial charge in [-0.1, -0.05) is 30.3 Å². The molecule has 0 saturated heterocycles. The predicted molar refractivity (Wildman–Crippen MR) is 86.4 cm³/mol. The van der Waals surface area contributed by atoms with E-state index in [2.05, 4.69) is 30.3 Å². The Bertz CT molecular complexity index is 774. The van der Waals surface area contributed by atoms with Crippen LogP contribution in [0.2, 0.25) is 0 Å². The summed E-state index contributed by atoms with van der Waals surface area (Å²) in [4.78, 5) is 11.7. The van der Waals surface area contributed by atoms with E-state index in [1.807, 2.05) is 0 Å². The monoisotopic (exact) mass is 292 g/mol. The molecular weight excluding hydrogens is 272 g/mol. The average molecular weight is 292 g/mol. The lowest BCUT2D eigenvalue weighted by atomic mass is 9.76. The summed E-state index contributed by atoms with van der Waals surface area (Å²) >= 11 is 0. The lowest BCUT2D eigenvalue weighted by molar-refractivity contribution is -0.121. The molecular formula is C20H20O2. The maximum absolute atomic E-state index is 11.7. The van der Waals surface area contributed by atoms with Crippen LogP contribution in [0.4, 0.5) is 0 Å². The Morgan fingerprint density at radius 1 is 1.05 bits per heavy atom. The molecule has 0 spiro atoms. The number of carbonyl (C=O) groups excluding carboxylic acids is 1. The Balaban J connectivity index is 1.78. The number of fused-ring (bicyclic) bond motifs is 3. The summed E-state index contributed by atoms with van der Waals surface area (Å²) in [7, 11) is 0. The molecule has 2 aliphatic rings. The first-order valence-electron chi connectivity index (χ1n) is 8.06. The summed E-state index contributed by atoms with van der Waals surface area (Å²) in [6.45, 7) is 1.68. The number of benzene rings is 2. The quantitative estimate of drug-likeness (QED) is 0.744. The standard InChI is InChI=1S/C20H20O2/c1-12(21)13-6-7-18-16(8-13)10-17-9-14-4-2-3-5-15(14)11-19(17)20(18)22/h2-5,10,13,22H,6-9,11H2,1H3. The van der Waals surface area contributed by atoms with Gasteiger partial charge in [0.25, 0.3) is 0 Å². The van der Waals surface area contributed by atoms with Crippen molar-refractivity contribution in [1.29, 1.82) is 0 Å². The van der Waals surface area contributed by atoms with Crippen LogP contribution in [0.1, 0.15) is 46.7 Å². The summed E-state index contributed by atoms with van der Waals surface area (Å²) in [6, 6.07) is 10.7. The van der Waals surface area contributed by atoms with Crippen LogP contribution in [0.5, 0.6) is 5.75 Å². The molecule has 0 heterocycles. The van der Waals surface area contributed by atoms with Gasteiger partial charge in [-0.25, -0.2) is 0 Å². The van der Waals surface area contributed by atoms with E-state index in [0.717, 1.165) is 43.2 Å². The highest BCUT2D eigenvalue weighted by atomic mass is 16.3. The fourth-order valence-electron chi connectivity index (χ4n) is 4.02. The molecule has 2 aromatic carbocycles. The fourth-order valence-corrected chi connectivity index (χ4v) is 4.02. The van der Waals surface area contributed by atoms with E-state index in [1.54, 1.807) is 6.92 Å². The highest BCUT2D eigenvalue weighted by Crippen LogP contribution is 2.40. The molecule has 0 amide bonds. The molecule has 1 N–H and O–H groups in total. The summed E-state index contributed by atoms with van der Waals surface area (Å²) < 4.78 is 0. The van der Waals surface area contributed by atoms with Crippen LogP contribution in [-0.2, 0) is 30.5 Å². The third kappa shape index (κ3) is 2.06. The van der Waals surface area contributed by atoms with Crippen LogP contribution in [0.25, 0.3) is 0 Å². The van der Waals surface area contributed by atoms with Crippen LogP contribution in [0.15, 0.2) is 30.3 Å². The fraction of sp³-hybridized carbons (Fsp3) is 0.350. The second-order valence-electron chi connectivity index (χ2n) is 6.67. The number of aromatic hydroxyl groups is 1. The van der Waals surface area contributed by atoms with Gasteiger partial charge in [-0.15, -0.1) is 0 Å². The smallest absolute Gasteiger partial charge is 0.133 e. The molecule has 0 radical (unpaired) electrons. The molecule has 0 saturated carbocycles. The number of phenolic OH excluding ortho intramolecular Hbond substituents is 1. The number of hydrogen-bond acceptors (Lipinski definition) is 2. The molecule has 0 aliphatic heterocycles. The normalized spacial score (nSPS) is 19.0. The number of carbonyl (C=O) groups is 1. The van der Waals surface area contributed by atoms with Crippen molar-refractivity contribution in [1.82, 2.24) is 0 Å². The van der Waals surface area contributed by atoms with E-state index in [0.29, 0.717) is 5.75 Å². The van der Waals surface area contributed by atoms with Gasteiger partial charge in [-0.05, 0) is 60.4 Å². The highest BCUT2D eigenvalue weighted by molar-refractivity contribution is 5.79. The number of phenols is 1. The maximum Gasteiger partial charge on any atom is 0.133 e. The number of Topliss-reactive ketones (excluding diaryl/α,β-unsaturated/α-hetero) is 1. The van der Waals surface area contributed by atoms with Crippen molar-refractivity contribution in [2.45, 2.75) is 39.0 Å². The van der Waals surface area contributed by atoms with Gasteiger partial charge in [0.2, 0.25) is 0 Å². The first kappa shape index (κ1) is 13.6. The zero-order chi connectivity index (χ0) is 15.3. The summed E-state index contributed by atoms with van der Waals surface area (Å²) in [5, 5.41) is 10.7. The van der Waals surface area contributed by atoms with Crippen LogP contribution in [-0.4, -0.2) is 10.9 Å². The zero-order valence-electron chi connectivity index (χ0n) is 12.9. The summed E-state index contributed by atoms with van der Waals surface area (Å²) in [5.74, 6) is 0.887. The van der Waals surface area contributed by atoms with E-state index in [1.165, 1.54) is 22.3 Å². The SMILES string of the molecule is CC(=O)C1CCc2c(cc3c(c2O)Cc2ccccc2C3)C1. The zero-order valence-corrected chi connectivity index (χ0v) is 12.9. The van der Waals surface area contributed by atoms with Gasteiger partial charge in [-0.3, -0.25) is 4.79 Å². The van der Waals surface area contributed by atoms with Crippen LogP contribution < -0.4 is 0 Å². The first-order valence-corrected chi connectivity index (χ1v) is 8.06. The van der Waals surface area contributed by atoms with Crippen molar-refractivity contribution in [3.63, 3.8) is 0 Å². The van der Waals surface area contributed by atoms with Crippen LogP contribution >= 0.6 is 0 Å². The Kier molecular flexibility index (Phi) is 3.07. The number of rotatable bonds is 1. The van der Waals surface area contributed by atoms with Gasteiger partial charge in [0, 0.05) is 17.9 Å². The molecule has 4 rings (SSSR count). The Hall–Kier alpha value is -2.09. The molecule has 0 fully saturated rings. The molecule has 2 nitrogen and oxygen atoms in total. The number of hydrogen-bond donors (Lipinski definition) is 1. The second kappa shape index (κ2) is 4.98. The van der Waals surface area contributed by atoms with Gasteiger partial charge in [0.1, 0.15) is 11.5 Å². The third-order valence-electron chi connectivity index (χ3n) is 5.35. The molecule has 2 aliphatic carbocycles. The molecule has 112 valence electrons. The minimum absolute atomic E-state index is 0.126. The second-order valence-corrected chi connectivity index (χ2v) is 6.67. The predicted octanol–water partition coefficient (Wildman–Crippen LogP) is 3.58. The van der Waals surface area contributed by atoms with Crippen LogP contribution in [0, 0.1) is 5.92 Å². The van der Waals surface area contributed by atoms with E-state index in [9.17, 15) is 9.90 Å². The lowest BCUT2D eigenvalue weighted by Gasteiger charge is -2.28. The largest absolute Gasteiger partial charge is 0.507 e. The molecule has 2 heteroatoms. The van der Waals surface area contributed by atoms with E-state index in [-0.39, 0.29) is 11.7 Å².